The van der Waals surface area contributed by atoms with E-state index in [4.69, 9.17) is 5.26 Å². The molecule has 1 saturated heterocycles. The number of nitrogens with zero attached hydrogens (tertiary/aromatic N) is 2. The number of hydrogen-bond donors (Lipinski definition) is 0. The quantitative estimate of drug-likeness (QED) is 0.820. The summed E-state index contributed by atoms with van der Waals surface area (Å²) < 4.78 is 26.3. The Balaban J connectivity index is 2.27. The van der Waals surface area contributed by atoms with E-state index in [0.717, 1.165) is 12.8 Å². The van der Waals surface area contributed by atoms with Crippen molar-refractivity contribution in [2.24, 2.45) is 5.92 Å². The summed E-state index contributed by atoms with van der Waals surface area (Å²) in [7, 11) is -3.40. The summed E-state index contributed by atoms with van der Waals surface area (Å²) in [5.74, 6) is 0.409. The van der Waals surface area contributed by atoms with Crippen LogP contribution in [0.25, 0.3) is 0 Å². The second-order valence-electron chi connectivity index (χ2n) is 4.75. The number of nitriles is 1. The Hall–Kier alpha value is -1.38. The van der Waals surface area contributed by atoms with Crippen LogP contribution in [0.15, 0.2) is 29.2 Å². The minimum atomic E-state index is -3.40. The van der Waals surface area contributed by atoms with Gasteiger partial charge in [0.15, 0.2) is 0 Å². The van der Waals surface area contributed by atoms with Crippen molar-refractivity contribution in [2.45, 2.75) is 24.7 Å². The molecule has 0 radical (unpaired) electrons. The lowest BCUT2D eigenvalue weighted by Crippen LogP contribution is -2.39. The predicted molar refractivity (Wildman–Crippen MR) is 68.3 cm³/mol. The molecule has 1 aliphatic rings. The van der Waals surface area contributed by atoms with Gasteiger partial charge in [-0.15, -0.1) is 0 Å². The van der Waals surface area contributed by atoms with Crippen molar-refractivity contribution in [1.29, 1.82) is 5.26 Å². The number of rotatable bonds is 2. The highest BCUT2D eigenvalue weighted by Crippen LogP contribution is 2.23. The summed E-state index contributed by atoms with van der Waals surface area (Å²) in [6.45, 7) is 3.25. The number of hydrogen-bond acceptors (Lipinski definition) is 3. The Morgan fingerprint density at radius 3 is 2.56 bits per heavy atom. The molecular weight excluding hydrogens is 248 g/mol. The molecule has 96 valence electrons. The van der Waals surface area contributed by atoms with Gasteiger partial charge < -0.3 is 0 Å². The van der Waals surface area contributed by atoms with Crippen molar-refractivity contribution in [1.82, 2.24) is 4.31 Å². The van der Waals surface area contributed by atoms with Gasteiger partial charge in [0.1, 0.15) is 0 Å². The van der Waals surface area contributed by atoms with Crippen molar-refractivity contribution < 1.29 is 8.42 Å². The van der Waals surface area contributed by atoms with Crippen LogP contribution >= 0.6 is 0 Å². The molecule has 1 aromatic rings. The van der Waals surface area contributed by atoms with E-state index < -0.39 is 10.0 Å². The van der Waals surface area contributed by atoms with Crippen LogP contribution in [0.1, 0.15) is 25.3 Å². The van der Waals surface area contributed by atoms with Gasteiger partial charge in [-0.25, -0.2) is 8.42 Å². The molecule has 0 saturated carbocycles. The standard InChI is InChI=1S/C13H16N2O2S/c1-11-3-2-8-15(10-11)18(16,17)13-6-4-12(9-14)5-7-13/h4-7,11H,2-3,8,10H2,1H3/t11-/m0/s1. The third kappa shape index (κ3) is 2.55. The van der Waals surface area contributed by atoms with Gasteiger partial charge in [-0.2, -0.15) is 9.57 Å². The van der Waals surface area contributed by atoms with Gasteiger partial charge in [-0.1, -0.05) is 6.92 Å². The Morgan fingerprint density at radius 2 is 2.00 bits per heavy atom. The smallest absolute Gasteiger partial charge is 0.207 e. The third-order valence-corrected chi connectivity index (χ3v) is 5.12. The molecule has 1 aromatic carbocycles. The molecule has 18 heavy (non-hydrogen) atoms. The molecule has 0 aliphatic carbocycles. The van der Waals surface area contributed by atoms with Gasteiger partial charge in [-0.05, 0) is 43.0 Å². The average molecular weight is 264 g/mol. The van der Waals surface area contributed by atoms with Gasteiger partial charge in [0, 0.05) is 13.1 Å². The Labute approximate surface area is 108 Å². The zero-order valence-electron chi connectivity index (χ0n) is 10.3. The van der Waals surface area contributed by atoms with Crippen LogP contribution in [0.3, 0.4) is 0 Å². The molecule has 4 nitrogen and oxygen atoms in total. The van der Waals surface area contributed by atoms with Crippen molar-refractivity contribution in [3.8, 4) is 6.07 Å². The lowest BCUT2D eigenvalue weighted by molar-refractivity contribution is 0.281. The normalized spacial score (nSPS) is 21.4. The van der Waals surface area contributed by atoms with E-state index in [1.165, 1.54) is 12.1 Å². The molecule has 1 aliphatic heterocycles. The maximum Gasteiger partial charge on any atom is 0.243 e. The fraction of sp³-hybridized carbons (Fsp3) is 0.462. The molecule has 5 heteroatoms. The number of piperidine rings is 1. The minimum absolute atomic E-state index is 0.274. The zero-order valence-corrected chi connectivity index (χ0v) is 11.2. The molecule has 0 N–H and O–H groups in total. The Bertz CT molecular complexity index is 558. The van der Waals surface area contributed by atoms with E-state index in [1.807, 2.05) is 6.07 Å². The van der Waals surface area contributed by atoms with E-state index in [0.29, 0.717) is 24.6 Å². The highest BCUT2D eigenvalue weighted by molar-refractivity contribution is 7.89. The van der Waals surface area contributed by atoms with Crippen LogP contribution in [0.5, 0.6) is 0 Å². The van der Waals surface area contributed by atoms with E-state index in [9.17, 15) is 8.42 Å². The molecule has 1 fully saturated rings. The number of benzene rings is 1. The largest absolute Gasteiger partial charge is 0.243 e. The predicted octanol–water partition coefficient (Wildman–Crippen LogP) is 1.98. The van der Waals surface area contributed by atoms with E-state index in [-0.39, 0.29) is 4.90 Å². The van der Waals surface area contributed by atoms with Gasteiger partial charge in [0.05, 0.1) is 16.5 Å². The molecular formula is C13H16N2O2S. The van der Waals surface area contributed by atoms with E-state index in [2.05, 4.69) is 6.92 Å². The Morgan fingerprint density at radius 1 is 1.33 bits per heavy atom. The summed E-state index contributed by atoms with van der Waals surface area (Å²) in [4.78, 5) is 0.274. The first-order valence-corrected chi connectivity index (χ1v) is 7.48. The van der Waals surface area contributed by atoms with Crippen LogP contribution in [0.2, 0.25) is 0 Å². The molecule has 0 amide bonds. The molecule has 2 rings (SSSR count). The van der Waals surface area contributed by atoms with Crippen LogP contribution in [-0.2, 0) is 10.0 Å². The fourth-order valence-corrected chi connectivity index (χ4v) is 3.81. The summed E-state index contributed by atoms with van der Waals surface area (Å²) in [6, 6.07) is 8.08. The molecule has 1 atom stereocenters. The monoisotopic (exact) mass is 264 g/mol. The molecule has 0 bridgehead atoms. The molecule has 0 aromatic heterocycles. The minimum Gasteiger partial charge on any atom is -0.207 e. The van der Waals surface area contributed by atoms with Gasteiger partial charge in [0.25, 0.3) is 0 Å². The first-order chi connectivity index (χ1) is 8.54. The zero-order chi connectivity index (χ0) is 13.2. The summed E-state index contributed by atoms with van der Waals surface area (Å²) in [5, 5.41) is 8.70. The fourth-order valence-electron chi connectivity index (χ4n) is 2.22. The van der Waals surface area contributed by atoms with Crippen molar-refractivity contribution >= 4 is 10.0 Å². The topological polar surface area (TPSA) is 61.2 Å². The van der Waals surface area contributed by atoms with Gasteiger partial charge in [-0.3, -0.25) is 0 Å². The molecule has 0 spiro atoms. The van der Waals surface area contributed by atoms with Crippen LogP contribution in [0, 0.1) is 17.2 Å². The molecule has 1 heterocycles. The maximum absolute atomic E-state index is 12.4. The van der Waals surface area contributed by atoms with Crippen LogP contribution in [-0.4, -0.2) is 25.8 Å². The second-order valence-corrected chi connectivity index (χ2v) is 6.68. The first kappa shape index (κ1) is 13.1. The lowest BCUT2D eigenvalue weighted by atomic mass is 10.0. The Kier molecular flexibility index (Phi) is 3.69. The average Bonchev–Trinajstić information content (AvgIpc) is 2.39. The third-order valence-electron chi connectivity index (χ3n) is 3.24. The van der Waals surface area contributed by atoms with Gasteiger partial charge >= 0.3 is 0 Å². The number of sulfonamides is 1. The first-order valence-electron chi connectivity index (χ1n) is 6.04. The van der Waals surface area contributed by atoms with E-state index in [1.54, 1.807) is 16.4 Å². The van der Waals surface area contributed by atoms with E-state index >= 15 is 0 Å². The highest BCUT2D eigenvalue weighted by atomic mass is 32.2. The summed E-state index contributed by atoms with van der Waals surface area (Å²) in [5.41, 5.74) is 0.473. The second kappa shape index (κ2) is 5.09. The molecule has 0 unspecified atom stereocenters. The summed E-state index contributed by atoms with van der Waals surface area (Å²) >= 11 is 0. The SMILES string of the molecule is C[C@H]1CCCN(S(=O)(=O)c2ccc(C#N)cc2)C1. The highest BCUT2D eigenvalue weighted by Gasteiger charge is 2.28. The lowest BCUT2D eigenvalue weighted by Gasteiger charge is -2.30. The van der Waals surface area contributed by atoms with Crippen LogP contribution in [0.4, 0.5) is 0 Å². The summed E-state index contributed by atoms with van der Waals surface area (Å²) in [6.07, 6.45) is 2.00. The van der Waals surface area contributed by atoms with Crippen LogP contribution < -0.4 is 0 Å². The maximum atomic E-state index is 12.4. The van der Waals surface area contributed by atoms with Gasteiger partial charge in [0.2, 0.25) is 10.0 Å². The van der Waals surface area contributed by atoms with Crippen molar-refractivity contribution in [3.05, 3.63) is 29.8 Å². The van der Waals surface area contributed by atoms with Crippen molar-refractivity contribution in [2.75, 3.05) is 13.1 Å². The van der Waals surface area contributed by atoms with Crippen molar-refractivity contribution in [3.63, 3.8) is 0 Å².